The minimum Gasteiger partial charge on any atom is -0.329 e. The van der Waals surface area contributed by atoms with Gasteiger partial charge in [-0.05, 0) is 20.8 Å². The molecule has 0 fully saturated rings. The van der Waals surface area contributed by atoms with Gasteiger partial charge in [-0.3, -0.25) is 0 Å². The molecule has 0 aromatic carbocycles. The predicted molar refractivity (Wildman–Crippen MR) is 47.1 cm³/mol. The van der Waals surface area contributed by atoms with Gasteiger partial charge in [0.25, 0.3) is 0 Å². The molecule has 3 heteroatoms. The Morgan fingerprint density at radius 1 is 1.67 bits per heavy atom. The summed E-state index contributed by atoms with van der Waals surface area (Å²) in [6.07, 6.45) is 3.14. The van der Waals surface area contributed by atoms with E-state index in [4.69, 9.17) is 0 Å². The molecule has 0 bridgehead atoms. The van der Waals surface area contributed by atoms with Crippen LogP contribution >= 0.6 is 0 Å². The molecule has 0 saturated heterocycles. The number of carbonyl (C=O) groups is 1. The highest BCUT2D eigenvalue weighted by Crippen LogP contribution is 2.12. The number of imidazole rings is 1. The maximum atomic E-state index is 10.3. The van der Waals surface area contributed by atoms with Crippen molar-refractivity contribution in [1.29, 1.82) is 0 Å². The molecule has 1 heterocycles. The molecule has 0 aliphatic carbocycles. The standard InChI is InChI=1S/C9H14N2O/c1-7(2)11-8(3)10-6-9(11)4-5-12/h5-7H,4H2,1-3H3. The third kappa shape index (κ3) is 1.55. The van der Waals surface area contributed by atoms with Gasteiger partial charge in [0.2, 0.25) is 0 Å². The number of hydrogen-bond acceptors (Lipinski definition) is 2. The third-order valence-corrected chi connectivity index (χ3v) is 1.87. The average molecular weight is 166 g/mol. The first-order chi connectivity index (χ1) is 5.66. The van der Waals surface area contributed by atoms with Crippen LogP contribution in [0.15, 0.2) is 6.20 Å². The van der Waals surface area contributed by atoms with Crippen molar-refractivity contribution in [3.63, 3.8) is 0 Å². The zero-order valence-electron chi connectivity index (χ0n) is 7.74. The Balaban J connectivity index is 3.03. The Hall–Kier alpha value is -1.12. The SMILES string of the molecule is Cc1ncc(CC=O)n1C(C)C. The summed E-state index contributed by atoms with van der Waals surface area (Å²) in [5.41, 5.74) is 0.998. The number of aromatic nitrogens is 2. The molecule has 0 atom stereocenters. The number of aryl methyl sites for hydroxylation is 1. The molecule has 3 nitrogen and oxygen atoms in total. The molecule has 0 aliphatic heterocycles. The molecule has 0 aliphatic rings. The molecule has 0 radical (unpaired) electrons. The molecular weight excluding hydrogens is 152 g/mol. The van der Waals surface area contributed by atoms with Crippen molar-refractivity contribution in [3.05, 3.63) is 17.7 Å². The fraction of sp³-hybridized carbons (Fsp3) is 0.556. The summed E-state index contributed by atoms with van der Waals surface area (Å²) in [6.45, 7) is 6.13. The number of aldehydes is 1. The lowest BCUT2D eigenvalue weighted by Gasteiger charge is -2.12. The normalized spacial score (nSPS) is 10.7. The van der Waals surface area contributed by atoms with Crippen LogP contribution in [0.5, 0.6) is 0 Å². The van der Waals surface area contributed by atoms with Gasteiger partial charge in [-0.1, -0.05) is 0 Å². The van der Waals surface area contributed by atoms with Crippen LogP contribution in [0.1, 0.15) is 31.4 Å². The Morgan fingerprint density at radius 3 is 2.83 bits per heavy atom. The minimum atomic E-state index is 0.377. The van der Waals surface area contributed by atoms with E-state index >= 15 is 0 Å². The zero-order chi connectivity index (χ0) is 9.14. The monoisotopic (exact) mass is 166 g/mol. The lowest BCUT2D eigenvalue weighted by atomic mass is 10.3. The summed E-state index contributed by atoms with van der Waals surface area (Å²) in [7, 11) is 0. The lowest BCUT2D eigenvalue weighted by Crippen LogP contribution is -2.07. The summed E-state index contributed by atoms with van der Waals surface area (Å²) in [5.74, 6) is 0.974. The first-order valence-corrected chi connectivity index (χ1v) is 4.13. The quantitative estimate of drug-likeness (QED) is 0.638. The van der Waals surface area contributed by atoms with Gasteiger partial charge in [0.05, 0.1) is 0 Å². The van der Waals surface area contributed by atoms with E-state index in [0.29, 0.717) is 12.5 Å². The number of carbonyl (C=O) groups excluding carboxylic acids is 1. The van der Waals surface area contributed by atoms with E-state index in [1.54, 1.807) is 6.20 Å². The Kier molecular flexibility index (Phi) is 2.63. The third-order valence-electron chi connectivity index (χ3n) is 1.87. The van der Waals surface area contributed by atoms with Crippen LogP contribution in [0.3, 0.4) is 0 Å². The molecule has 0 spiro atoms. The number of hydrogen-bond donors (Lipinski definition) is 0. The predicted octanol–water partition coefficient (Wildman–Crippen LogP) is 1.51. The fourth-order valence-electron chi connectivity index (χ4n) is 1.44. The number of nitrogens with zero attached hydrogens (tertiary/aromatic N) is 2. The van der Waals surface area contributed by atoms with Gasteiger partial charge < -0.3 is 9.36 Å². The fourth-order valence-corrected chi connectivity index (χ4v) is 1.44. The summed E-state index contributed by atoms with van der Waals surface area (Å²) in [6, 6.07) is 0.377. The zero-order valence-corrected chi connectivity index (χ0v) is 7.74. The van der Waals surface area contributed by atoms with E-state index in [1.165, 1.54) is 0 Å². The van der Waals surface area contributed by atoms with Gasteiger partial charge in [0.15, 0.2) is 0 Å². The maximum absolute atomic E-state index is 10.3. The summed E-state index contributed by atoms with van der Waals surface area (Å²) >= 11 is 0. The summed E-state index contributed by atoms with van der Waals surface area (Å²) in [4.78, 5) is 14.5. The molecule has 66 valence electrons. The van der Waals surface area contributed by atoms with Crippen molar-refractivity contribution in [3.8, 4) is 0 Å². The molecule has 0 amide bonds. The van der Waals surface area contributed by atoms with Crippen molar-refractivity contribution >= 4 is 6.29 Å². The first-order valence-electron chi connectivity index (χ1n) is 4.13. The second-order valence-corrected chi connectivity index (χ2v) is 3.13. The molecule has 1 rings (SSSR count). The molecule has 0 N–H and O–H groups in total. The van der Waals surface area contributed by atoms with Crippen LogP contribution in [0.25, 0.3) is 0 Å². The van der Waals surface area contributed by atoms with Crippen molar-refractivity contribution in [1.82, 2.24) is 9.55 Å². The van der Waals surface area contributed by atoms with Crippen molar-refractivity contribution in [2.24, 2.45) is 0 Å². The van der Waals surface area contributed by atoms with Gasteiger partial charge in [0.1, 0.15) is 12.1 Å². The molecule has 0 unspecified atom stereocenters. The van der Waals surface area contributed by atoms with E-state index < -0.39 is 0 Å². The van der Waals surface area contributed by atoms with Crippen LogP contribution in [0.2, 0.25) is 0 Å². The Bertz CT molecular complexity index is 276. The molecule has 1 aromatic heterocycles. The lowest BCUT2D eigenvalue weighted by molar-refractivity contribution is -0.107. The van der Waals surface area contributed by atoms with Crippen LogP contribution in [-0.4, -0.2) is 15.8 Å². The van der Waals surface area contributed by atoms with Gasteiger partial charge in [0, 0.05) is 24.4 Å². The molecule has 1 aromatic rings. The van der Waals surface area contributed by atoms with Gasteiger partial charge in [-0.2, -0.15) is 0 Å². The second kappa shape index (κ2) is 3.52. The Morgan fingerprint density at radius 2 is 2.33 bits per heavy atom. The largest absolute Gasteiger partial charge is 0.329 e. The summed E-state index contributed by atoms with van der Waals surface area (Å²) in [5, 5.41) is 0. The highest BCUT2D eigenvalue weighted by molar-refractivity contribution is 5.53. The van der Waals surface area contributed by atoms with Crippen LogP contribution in [-0.2, 0) is 11.2 Å². The van der Waals surface area contributed by atoms with Crippen LogP contribution in [0.4, 0.5) is 0 Å². The molecular formula is C9H14N2O. The minimum absolute atomic E-state index is 0.377. The smallest absolute Gasteiger partial charge is 0.125 e. The van der Waals surface area contributed by atoms with E-state index in [2.05, 4.69) is 23.4 Å². The molecule has 12 heavy (non-hydrogen) atoms. The van der Waals surface area contributed by atoms with Gasteiger partial charge in [-0.15, -0.1) is 0 Å². The highest BCUT2D eigenvalue weighted by atomic mass is 16.1. The number of rotatable bonds is 3. The van der Waals surface area contributed by atoms with E-state index in [9.17, 15) is 4.79 Å². The summed E-state index contributed by atoms with van der Waals surface area (Å²) < 4.78 is 2.08. The van der Waals surface area contributed by atoms with Crippen LogP contribution in [0, 0.1) is 6.92 Å². The highest BCUT2D eigenvalue weighted by Gasteiger charge is 2.07. The van der Waals surface area contributed by atoms with Gasteiger partial charge in [-0.25, -0.2) is 4.98 Å². The van der Waals surface area contributed by atoms with Crippen molar-refractivity contribution in [2.75, 3.05) is 0 Å². The van der Waals surface area contributed by atoms with Gasteiger partial charge >= 0.3 is 0 Å². The van der Waals surface area contributed by atoms with Crippen molar-refractivity contribution < 1.29 is 4.79 Å². The second-order valence-electron chi connectivity index (χ2n) is 3.13. The van der Waals surface area contributed by atoms with E-state index in [-0.39, 0.29) is 0 Å². The maximum Gasteiger partial charge on any atom is 0.125 e. The van der Waals surface area contributed by atoms with E-state index in [0.717, 1.165) is 17.8 Å². The molecule has 0 saturated carbocycles. The van der Waals surface area contributed by atoms with E-state index in [1.807, 2.05) is 6.92 Å². The topological polar surface area (TPSA) is 34.9 Å². The van der Waals surface area contributed by atoms with Crippen LogP contribution < -0.4 is 0 Å². The Labute approximate surface area is 72.4 Å². The van der Waals surface area contributed by atoms with Crippen molar-refractivity contribution in [2.45, 2.75) is 33.2 Å². The first kappa shape index (κ1) is 8.97. The average Bonchev–Trinajstić information content (AvgIpc) is 2.32.